The van der Waals surface area contributed by atoms with Gasteiger partial charge in [0.1, 0.15) is 0 Å². The first kappa shape index (κ1) is 14.1. The summed E-state index contributed by atoms with van der Waals surface area (Å²) in [4.78, 5) is 1.08. The number of rotatable bonds is 4. The molecule has 0 aliphatic carbocycles. The molecule has 2 heterocycles. The van der Waals surface area contributed by atoms with Gasteiger partial charge in [-0.15, -0.1) is 5.10 Å². The van der Waals surface area contributed by atoms with E-state index in [0.717, 1.165) is 29.1 Å². The average Bonchev–Trinajstić information content (AvgIpc) is 2.95. The first-order chi connectivity index (χ1) is 8.91. The summed E-state index contributed by atoms with van der Waals surface area (Å²) in [6.45, 7) is 9.35. The molecule has 2 rings (SSSR count). The zero-order chi connectivity index (χ0) is 14.0. The standard InChI is InChI=1S/C13H21N5S/c1-5-18-8-9(7-15-18)6-10(14)11-12(13(2,3)4)16-17-19-11/h7-8,10H,5-6,14H2,1-4H3. The Morgan fingerprint density at radius 2 is 2.16 bits per heavy atom. The van der Waals surface area contributed by atoms with E-state index in [1.54, 1.807) is 0 Å². The zero-order valence-corrected chi connectivity index (χ0v) is 12.7. The predicted molar refractivity (Wildman–Crippen MR) is 77.1 cm³/mol. The van der Waals surface area contributed by atoms with Crippen molar-refractivity contribution < 1.29 is 0 Å². The molecule has 0 saturated heterocycles. The summed E-state index contributed by atoms with van der Waals surface area (Å²) in [5, 5.41) is 8.51. The maximum atomic E-state index is 6.31. The lowest BCUT2D eigenvalue weighted by molar-refractivity contribution is 0.550. The first-order valence-electron chi connectivity index (χ1n) is 6.51. The van der Waals surface area contributed by atoms with E-state index in [1.807, 2.05) is 17.1 Å². The fraction of sp³-hybridized carbons (Fsp3) is 0.615. The minimum absolute atomic E-state index is 0.0203. The second-order valence-electron chi connectivity index (χ2n) is 5.75. The van der Waals surface area contributed by atoms with Crippen molar-refractivity contribution >= 4 is 11.5 Å². The Morgan fingerprint density at radius 3 is 2.74 bits per heavy atom. The molecule has 0 aromatic carbocycles. The van der Waals surface area contributed by atoms with Gasteiger partial charge in [-0.1, -0.05) is 25.3 Å². The van der Waals surface area contributed by atoms with Crippen LogP contribution in [0.1, 0.15) is 49.9 Å². The van der Waals surface area contributed by atoms with Crippen molar-refractivity contribution in [2.45, 2.75) is 52.1 Å². The van der Waals surface area contributed by atoms with E-state index in [9.17, 15) is 0 Å². The fourth-order valence-corrected chi connectivity index (χ4v) is 2.85. The van der Waals surface area contributed by atoms with Crippen LogP contribution in [-0.4, -0.2) is 19.4 Å². The molecule has 0 fully saturated rings. The van der Waals surface area contributed by atoms with E-state index < -0.39 is 0 Å². The van der Waals surface area contributed by atoms with Gasteiger partial charge in [-0.3, -0.25) is 4.68 Å². The quantitative estimate of drug-likeness (QED) is 0.932. The van der Waals surface area contributed by atoms with Crippen LogP contribution >= 0.6 is 11.5 Å². The van der Waals surface area contributed by atoms with Gasteiger partial charge in [0.25, 0.3) is 0 Å². The molecule has 1 atom stereocenters. The Labute approximate surface area is 118 Å². The van der Waals surface area contributed by atoms with Crippen molar-refractivity contribution in [1.82, 2.24) is 19.4 Å². The van der Waals surface area contributed by atoms with Crippen LogP contribution in [0.3, 0.4) is 0 Å². The van der Waals surface area contributed by atoms with E-state index in [2.05, 4.69) is 42.4 Å². The van der Waals surface area contributed by atoms with Crippen LogP contribution in [-0.2, 0) is 18.4 Å². The monoisotopic (exact) mass is 279 g/mol. The van der Waals surface area contributed by atoms with Gasteiger partial charge in [0, 0.05) is 24.2 Å². The Hall–Kier alpha value is -1.27. The van der Waals surface area contributed by atoms with Crippen LogP contribution in [0, 0.1) is 0 Å². The fourth-order valence-electron chi connectivity index (χ4n) is 1.99. The van der Waals surface area contributed by atoms with Crippen molar-refractivity contribution in [3.05, 3.63) is 28.5 Å². The van der Waals surface area contributed by atoms with Gasteiger partial charge in [0.2, 0.25) is 0 Å². The number of nitrogens with zero attached hydrogens (tertiary/aromatic N) is 4. The molecular weight excluding hydrogens is 258 g/mol. The van der Waals surface area contributed by atoms with E-state index in [-0.39, 0.29) is 11.5 Å². The molecule has 0 saturated carbocycles. The van der Waals surface area contributed by atoms with Crippen LogP contribution in [0.25, 0.3) is 0 Å². The Bertz CT molecular complexity index is 537. The Balaban J connectivity index is 2.16. The Morgan fingerprint density at radius 1 is 1.42 bits per heavy atom. The third kappa shape index (κ3) is 3.19. The normalized spacial score (nSPS) is 13.7. The highest BCUT2D eigenvalue weighted by molar-refractivity contribution is 7.05. The van der Waals surface area contributed by atoms with E-state index in [1.165, 1.54) is 11.5 Å². The lowest BCUT2D eigenvalue weighted by atomic mass is 9.89. The van der Waals surface area contributed by atoms with Gasteiger partial charge >= 0.3 is 0 Å². The largest absolute Gasteiger partial charge is 0.323 e. The predicted octanol–water partition coefficient (Wildman–Crippen LogP) is 2.29. The summed E-state index contributed by atoms with van der Waals surface area (Å²) >= 11 is 1.40. The maximum Gasteiger partial charge on any atom is 0.0857 e. The Kier molecular flexibility index (Phi) is 4.01. The molecule has 2 aromatic rings. The highest BCUT2D eigenvalue weighted by Crippen LogP contribution is 2.30. The summed E-state index contributed by atoms with van der Waals surface area (Å²) in [6, 6.07) is -0.0660. The average molecular weight is 279 g/mol. The molecule has 5 nitrogen and oxygen atoms in total. The number of hydrogen-bond acceptors (Lipinski definition) is 5. The van der Waals surface area contributed by atoms with E-state index >= 15 is 0 Å². The third-order valence-corrected chi connectivity index (χ3v) is 3.88. The molecule has 19 heavy (non-hydrogen) atoms. The first-order valence-corrected chi connectivity index (χ1v) is 7.28. The third-order valence-electron chi connectivity index (χ3n) is 3.03. The highest BCUT2D eigenvalue weighted by Gasteiger charge is 2.25. The molecule has 0 bridgehead atoms. The minimum atomic E-state index is -0.0660. The lowest BCUT2D eigenvalue weighted by Crippen LogP contribution is -2.20. The molecule has 0 radical (unpaired) electrons. The maximum absolute atomic E-state index is 6.31. The van der Waals surface area contributed by atoms with Crippen LogP contribution in [0.4, 0.5) is 0 Å². The second-order valence-corrected chi connectivity index (χ2v) is 6.54. The van der Waals surface area contributed by atoms with E-state index in [0.29, 0.717) is 0 Å². The van der Waals surface area contributed by atoms with Gasteiger partial charge in [-0.05, 0) is 30.4 Å². The minimum Gasteiger partial charge on any atom is -0.323 e. The number of nitrogens with two attached hydrogens (primary N) is 1. The van der Waals surface area contributed by atoms with Gasteiger partial charge in [-0.25, -0.2) is 0 Å². The molecule has 1 unspecified atom stereocenters. The molecule has 104 valence electrons. The summed E-state index contributed by atoms with van der Waals surface area (Å²) in [5.74, 6) is 0. The zero-order valence-electron chi connectivity index (χ0n) is 11.9. The summed E-state index contributed by atoms with van der Waals surface area (Å²) < 4.78 is 5.98. The van der Waals surface area contributed by atoms with Crippen LogP contribution in [0.5, 0.6) is 0 Å². The van der Waals surface area contributed by atoms with Crippen LogP contribution < -0.4 is 5.73 Å². The molecule has 0 spiro atoms. The highest BCUT2D eigenvalue weighted by atomic mass is 32.1. The van der Waals surface area contributed by atoms with Gasteiger partial charge in [0.05, 0.1) is 16.8 Å². The summed E-state index contributed by atoms with van der Waals surface area (Å²) in [7, 11) is 0. The summed E-state index contributed by atoms with van der Waals surface area (Å²) in [6.07, 6.45) is 4.70. The topological polar surface area (TPSA) is 69.6 Å². The lowest BCUT2D eigenvalue weighted by Gasteiger charge is -2.19. The SMILES string of the molecule is CCn1cc(CC(N)c2snnc2C(C)(C)C)cn1. The van der Waals surface area contributed by atoms with Crippen LogP contribution in [0.15, 0.2) is 12.4 Å². The second kappa shape index (κ2) is 5.38. The van der Waals surface area contributed by atoms with Gasteiger partial charge in [0.15, 0.2) is 0 Å². The number of aryl methyl sites for hydroxylation is 1. The molecular formula is C13H21N5S. The van der Waals surface area contributed by atoms with Crippen molar-refractivity contribution in [2.75, 3.05) is 0 Å². The molecule has 2 aromatic heterocycles. The molecule has 2 N–H and O–H groups in total. The van der Waals surface area contributed by atoms with Crippen LogP contribution in [0.2, 0.25) is 0 Å². The molecule has 0 aliphatic rings. The number of hydrogen-bond donors (Lipinski definition) is 1. The van der Waals surface area contributed by atoms with E-state index in [4.69, 9.17) is 5.73 Å². The van der Waals surface area contributed by atoms with Crippen molar-refractivity contribution in [1.29, 1.82) is 0 Å². The number of aromatic nitrogens is 4. The summed E-state index contributed by atoms with van der Waals surface area (Å²) in [5.41, 5.74) is 8.46. The molecule has 6 heteroatoms. The van der Waals surface area contributed by atoms with Crippen molar-refractivity contribution in [3.63, 3.8) is 0 Å². The smallest absolute Gasteiger partial charge is 0.0857 e. The molecule has 0 amide bonds. The van der Waals surface area contributed by atoms with Crippen molar-refractivity contribution in [2.24, 2.45) is 5.73 Å². The van der Waals surface area contributed by atoms with Crippen molar-refractivity contribution in [3.8, 4) is 0 Å². The van der Waals surface area contributed by atoms with Gasteiger partial charge < -0.3 is 5.73 Å². The van der Waals surface area contributed by atoms with Gasteiger partial charge in [-0.2, -0.15) is 5.10 Å². The molecule has 0 aliphatic heterocycles.